The predicted octanol–water partition coefficient (Wildman–Crippen LogP) is 4.40. The summed E-state index contributed by atoms with van der Waals surface area (Å²) >= 11 is 0. The number of benzene rings is 1. The van der Waals surface area contributed by atoms with Gasteiger partial charge in [-0.05, 0) is 46.6 Å². The number of aromatic nitrogens is 1. The van der Waals surface area contributed by atoms with Crippen LogP contribution in [0.4, 0.5) is 4.79 Å². The van der Waals surface area contributed by atoms with Gasteiger partial charge in [-0.1, -0.05) is 30.3 Å². The maximum absolute atomic E-state index is 12.6. The SMILES string of the molecule is Cc1cc(C2CCCN2C(=O)OC(C)(C)C)c[n+](Cc2ccccc2)c1. The minimum Gasteiger partial charge on any atom is -0.444 e. The quantitative estimate of drug-likeness (QED) is 0.766. The first-order valence-corrected chi connectivity index (χ1v) is 9.36. The average Bonchev–Trinajstić information content (AvgIpc) is 3.03. The van der Waals surface area contributed by atoms with Crippen LogP contribution >= 0.6 is 0 Å². The highest BCUT2D eigenvalue weighted by molar-refractivity contribution is 5.69. The molecule has 0 radical (unpaired) electrons. The maximum Gasteiger partial charge on any atom is 0.410 e. The van der Waals surface area contributed by atoms with Gasteiger partial charge < -0.3 is 9.64 Å². The number of nitrogens with zero attached hydrogens (tertiary/aromatic N) is 2. The summed E-state index contributed by atoms with van der Waals surface area (Å²) in [7, 11) is 0. The summed E-state index contributed by atoms with van der Waals surface area (Å²) in [5.74, 6) is 0. The molecule has 0 N–H and O–H groups in total. The fourth-order valence-electron chi connectivity index (χ4n) is 3.55. The van der Waals surface area contributed by atoms with Crippen molar-refractivity contribution < 1.29 is 14.1 Å². The standard InChI is InChI=1S/C22H29N2O2/c1-17-13-19(16-23(14-17)15-18-9-6-5-7-10-18)20-11-8-12-24(20)21(25)26-22(2,3)4/h5-7,9-10,13-14,16,20H,8,11-12,15H2,1-4H3/q+1. The molecular weight excluding hydrogens is 324 g/mol. The van der Waals surface area contributed by atoms with Gasteiger partial charge in [0.15, 0.2) is 18.9 Å². The van der Waals surface area contributed by atoms with Crippen LogP contribution in [0.2, 0.25) is 0 Å². The Morgan fingerprint density at radius 1 is 1.23 bits per heavy atom. The molecule has 1 fully saturated rings. The lowest BCUT2D eigenvalue weighted by Crippen LogP contribution is -2.38. The van der Waals surface area contributed by atoms with Gasteiger partial charge in [0.05, 0.1) is 6.04 Å². The predicted molar refractivity (Wildman–Crippen MR) is 102 cm³/mol. The van der Waals surface area contributed by atoms with Crippen molar-refractivity contribution in [2.75, 3.05) is 6.54 Å². The van der Waals surface area contributed by atoms with E-state index in [0.29, 0.717) is 0 Å². The highest BCUT2D eigenvalue weighted by Crippen LogP contribution is 2.33. The van der Waals surface area contributed by atoms with Crippen LogP contribution in [-0.2, 0) is 11.3 Å². The van der Waals surface area contributed by atoms with Gasteiger partial charge in [-0.25, -0.2) is 9.36 Å². The van der Waals surface area contributed by atoms with Crippen LogP contribution in [0.1, 0.15) is 56.3 Å². The number of hydrogen-bond donors (Lipinski definition) is 0. The fourth-order valence-corrected chi connectivity index (χ4v) is 3.55. The van der Waals surface area contributed by atoms with Crippen molar-refractivity contribution in [1.29, 1.82) is 0 Å². The zero-order chi connectivity index (χ0) is 18.7. The van der Waals surface area contributed by atoms with Gasteiger partial charge in [-0.15, -0.1) is 0 Å². The van der Waals surface area contributed by atoms with Gasteiger partial charge in [0.1, 0.15) is 5.60 Å². The van der Waals surface area contributed by atoms with Crippen LogP contribution in [0.3, 0.4) is 0 Å². The molecule has 0 aliphatic carbocycles. The number of aryl methyl sites for hydroxylation is 1. The van der Waals surface area contributed by atoms with E-state index in [0.717, 1.165) is 25.9 Å². The number of rotatable bonds is 3. The number of ether oxygens (including phenoxy) is 1. The van der Waals surface area contributed by atoms with Gasteiger partial charge in [0, 0.05) is 23.2 Å². The number of pyridine rings is 1. The first-order valence-electron chi connectivity index (χ1n) is 9.36. The largest absolute Gasteiger partial charge is 0.444 e. The van der Waals surface area contributed by atoms with Gasteiger partial charge in [-0.2, -0.15) is 0 Å². The van der Waals surface area contributed by atoms with Gasteiger partial charge in [-0.3, -0.25) is 0 Å². The Bertz CT molecular complexity index is 765. The lowest BCUT2D eigenvalue weighted by molar-refractivity contribution is -0.689. The van der Waals surface area contributed by atoms with E-state index in [4.69, 9.17) is 4.74 Å². The Hall–Kier alpha value is -2.36. The van der Waals surface area contributed by atoms with E-state index < -0.39 is 5.60 Å². The molecule has 2 heterocycles. The van der Waals surface area contributed by atoms with Crippen molar-refractivity contribution in [3.8, 4) is 0 Å². The van der Waals surface area contributed by atoms with E-state index in [1.165, 1.54) is 16.7 Å². The summed E-state index contributed by atoms with van der Waals surface area (Å²) in [6, 6.07) is 12.7. The third-order valence-corrected chi connectivity index (χ3v) is 4.55. The third-order valence-electron chi connectivity index (χ3n) is 4.55. The lowest BCUT2D eigenvalue weighted by atomic mass is 10.0. The third kappa shape index (κ3) is 4.63. The lowest BCUT2D eigenvalue weighted by Gasteiger charge is -2.28. The Labute approximate surface area is 156 Å². The van der Waals surface area contributed by atoms with Crippen LogP contribution < -0.4 is 4.57 Å². The van der Waals surface area contributed by atoms with E-state index >= 15 is 0 Å². The van der Waals surface area contributed by atoms with Gasteiger partial charge in [0.2, 0.25) is 0 Å². The minimum atomic E-state index is -0.468. The molecule has 1 aliphatic heterocycles. The van der Waals surface area contributed by atoms with Crippen LogP contribution in [0, 0.1) is 6.92 Å². The highest BCUT2D eigenvalue weighted by atomic mass is 16.6. The zero-order valence-electron chi connectivity index (χ0n) is 16.2. The first-order chi connectivity index (χ1) is 12.3. The molecule has 4 nitrogen and oxygen atoms in total. The van der Waals surface area contributed by atoms with Crippen molar-refractivity contribution in [3.05, 3.63) is 65.5 Å². The molecule has 1 saturated heterocycles. The smallest absolute Gasteiger partial charge is 0.410 e. The number of likely N-dealkylation sites (tertiary alicyclic amines) is 1. The highest BCUT2D eigenvalue weighted by Gasteiger charge is 2.34. The van der Waals surface area contributed by atoms with Crippen molar-refractivity contribution in [2.24, 2.45) is 0 Å². The molecule has 0 bridgehead atoms. The van der Waals surface area contributed by atoms with Gasteiger partial charge in [0.25, 0.3) is 0 Å². The second kappa shape index (κ2) is 7.48. The molecule has 138 valence electrons. The minimum absolute atomic E-state index is 0.0896. The normalized spacial score (nSPS) is 17.4. The van der Waals surface area contributed by atoms with Gasteiger partial charge >= 0.3 is 6.09 Å². The number of carbonyl (C=O) groups is 1. The van der Waals surface area contributed by atoms with E-state index in [-0.39, 0.29) is 12.1 Å². The summed E-state index contributed by atoms with van der Waals surface area (Å²) < 4.78 is 7.82. The molecule has 1 aromatic heterocycles. The maximum atomic E-state index is 12.6. The molecule has 3 rings (SSSR count). The number of amides is 1. The van der Waals surface area contributed by atoms with E-state index in [9.17, 15) is 4.79 Å². The van der Waals surface area contributed by atoms with Crippen molar-refractivity contribution in [1.82, 2.24) is 4.90 Å². The summed E-state index contributed by atoms with van der Waals surface area (Å²) in [6.07, 6.45) is 6.11. The number of carbonyl (C=O) groups excluding carboxylic acids is 1. The Kier molecular flexibility index (Phi) is 5.30. The molecule has 2 aromatic rings. The molecule has 1 aliphatic rings. The summed E-state index contributed by atoms with van der Waals surface area (Å²) in [5, 5.41) is 0. The molecule has 1 unspecified atom stereocenters. The fraction of sp³-hybridized carbons (Fsp3) is 0.455. The van der Waals surface area contributed by atoms with Crippen LogP contribution in [-0.4, -0.2) is 23.1 Å². The molecule has 0 saturated carbocycles. The second-order valence-electron chi connectivity index (χ2n) is 8.14. The molecule has 1 atom stereocenters. The molecular formula is C22H29N2O2+. The van der Waals surface area contributed by atoms with Crippen LogP contribution in [0.5, 0.6) is 0 Å². The topological polar surface area (TPSA) is 33.4 Å². The molecule has 1 aromatic carbocycles. The molecule has 0 spiro atoms. The van der Waals surface area contributed by atoms with Crippen LogP contribution in [0.15, 0.2) is 48.8 Å². The van der Waals surface area contributed by atoms with Crippen molar-refractivity contribution >= 4 is 6.09 Å². The Morgan fingerprint density at radius 2 is 1.96 bits per heavy atom. The summed E-state index contributed by atoms with van der Waals surface area (Å²) in [4.78, 5) is 14.5. The van der Waals surface area contributed by atoms with Crippen molar-refractivity contribution in [3.63, 3.8) is 0 Å². The van der Waals surface area contributed by atoms with Crippen LogP contribution in [0.25, 0.3) is 0 Å². The average molecular weight is 353 g/mol. The Balaban J connectivity index is 1.82. The van der Waals surface area contributed by atoms with E-state index in [1.54, 1.807) is 0 Å². The zero-order valence-corrected chi connectivity index (χ0v) is 16.2. The molecule has 26 heavy (non-hydrogen) atoms. The molecule has 4 heteroatoms. The number of hydrogen-bond acceptors (Lipinski definition) is 2. The monoisotopic (exact) mass is 353 g/mol. The summed E-state index contributed by atoms with van der Waals surface area (Å²) in [5.41, 5.74) is 3.19. The summed E-state index contributed by atoms with van der Waals surface area (Å²) in [6.45, 7) is 9.43. The van der Waals surface area contributed by atoms with E-state index in [2.05, 4.69) is 54.2 Å². The Morgan fingerprint density at radius 3 is 2.65 bits per heavy atom. The van der Waals surface area contributed by atoms with Crippen molar-refractivity contribution in [2.45, 2.75) is 58.7 Å². The first kappa shape index (κ1) is 18.4. The van der Waals surface area contributed by atoms with E-state index in [1.807, 2.05) is 31.7 Å². The second-order valence-corrected chi connectivity index (χ2v) is 8.14. The molecule has 1 amide bonds.